The van der Waals surface area contributed by atoms with Gasteiger partial charge in [-0.2, -0.15) is 0 Å². The molecule has 0 aromatic heterocycles. The summed E-state index contributed by atoms with van der Waals surface area (Å²) >= 11 is 0. The first-order valence-electron chi connectivity index (χ1n) is 6.60. The van der Waals surface area contributed by atoms with Gasteiger partial charge in [-0.25, -0.2) is 9.59 Å². The molecule has 0 bridgehead atoms. The summed E-state index contributed by atoms with van der Waals surface area (Å²) < 4.78 is 16.3. The van der Waals surface area contributed by atoms with Gasteiger partial charge in [-0.15, -0.1) is 0 Å². The molecule has 4 atom stereocenters. The third-order valence-electron chi connectivity index (χ3n) is 4.12. The van der Waals surface area contributed by atoms with Crippen LogP contribution in [0.15, 0.2) is 0 Å². The highest BCUT2D eigenvalue weighted by molar-refractivity contribution is 5.68. The molecule has 3 fully saturated rings. The third kappa shape index (κ3) is 2.11. The molecule has 1 heterocycles. The van der Waals surface area contributed by atoms with E-state index in [0.29, 0.717) is 13.0 Å². The first-order valence-corrected chi connectivity index (χ1v) is 6.60. The van der Waals surface area contributed by atoms with Crippen LogP contribution in [0.1, 0.15) is 32.6 Å². The van der Waals surface area contributed by atoms with Crippen molar-refractivity contribution in [3.05, 3.63) is 0 Å². The number of hydrogen-bond acceptors (Lipinski definition) is 5. The monoisotopic (exact) mass is 270 g/mol. The Balaban J connectivity index is 1.51. The molecule has 1 aliphatic heterocycles. The number of nitrogens with two attached hydrogens (primary N) is 1. The minimum absolute atomic E-state index is 0.187. The molecule has 2 amide bonds. The normalized spacial score (nSPS) is 42.2. The number of carbonyl (C=O) groups is 2. The highest BCUT2D eigenvalue weighted by atomic mass is 16.6. The van der Waals surface area contributed by atoms with E-state index in [-0.39, 0.29) is 23.4 Å². The number of amides is 2. The van der Waals surface area contributed by atoms with Crippen LogP contribution in [0.2, 0.25) is 0 Å². The van der Waals surface area contributed by atoms with Crippen molar-refractivity contribution in [2.45, 2.75) is 56.0 Å². The van der Waals surface area contributed by atoms with Crippen LogP contribution in [0.4, 0.5) is 9.59 Å². The predicted octanol–water partition coefficient (Wildman–Crippen LogP) is 0.660. The van der Waals surface area contributed by atoms with Crippen LogP contribution in [0.3, 0.4) is 0 Å². The molecule has 19 heavy (non-hydrogen) atoms. The Morgan fingerprint density at radius 1 is 1.26 bits per heavy atom. The van der Waals surface area contributed by atoms with Crippen molar-refractivity contribution < 1.29 is 23.8 Å². The van der Waals surface area contributed by atoms with E-state index in [1.165, 1.54) is 0 Å². The Bertz CT molecular complexity index is 428. The van der Waals surface area contributed by atoms with Crippen LogP contribution >= 0.6 is 0 Å². The molecule has 0 radical (unpaired) electrons. The number of carbonyl (C=O) groups excluding carboxylic acids is 2. The van der Waals surface area contributed by atoms with Gasteiger partial charge in [0.05, 0.1) is 0 Å². The lowest BCUT2D eigenvalue weighted by atomic mass is 10.1. The Labute approximate surface area is 110 Å². The van der Waals surface area contributed by atoms with E-state index in [0.717, 1.165) is 19.3 Å². The second-order valence-corrected chi connectivity index (χ2v) is 5.49. The van der Waals surface area contributed by atoms with Crippen LogP contribution in [0, 0.1) is 0 Å². The van der Waals surface area contributed by atoms with E-state index < -0.39 is 12.2 Å². The summed E-state index contributed by atoms with van der Waals surface area (Å²) in [4.78, 5) is 22.1. The molecule has 0 aromatic carbocycles. The van der Waals surface area contributed by atoms with E-state index in [9.17, 15) is 9.59 Å². The standard InChI is InChI=1S/C12H18N2O5/c1-2-14-10(16)18-8-6-12(8)4-3-11(19-12)5-7(11)17-9(13)15/h7-8H,2-6H2,1H3,(H2,13,15)(H,14,16). The lowest BCUT2D eigenvalue weighted by molar-refractivity contribution is -0.0382. The van der Waals surface area contributed by atoms with Gasteiger partial charge in [0.25, 0.3) is 0 Å². The lowest BCUT2D eigenvalue weighted by Crippen LogP contribution is -2.29. The summed E-state index contributed by atoms with van der Waals surface area (Å²) in [5, 5.41) is 2.59. The quantitative estimate of drug-likeness (QED) is 0.784. The van der Waals surface area contributed by atoms with Crippen molar-refractivity contribution in [2.75, 3.05) is 6.54 Å². The molecule has 106 valence electrons. The molecule has 3 rings (SSSR count). The van der Waals surface area contributed by atoms with Crippen molar-refractivity contribution in [3.8, 4) is 0 Å². The van der Waals surface area contributed by atoms with Gasteiger partial charge in [0.15, 0.2) is 0 Å². The van der Waals surface area contributed by atoms with Gasteiger partial charge < -0.3 is 25.3 Å². The Morgan fingerprint density at radius 2 is 1.84 bits per heavy atom. The van der Waals surface area contributed by atoms with Gasteiger partial charge in [0.1, 0.15) is 23.4 Å². The summed E-state index contributed by atoms with van der Waals surface area (Å²) in [5.74, 6) is 0. The highest BCUT2D eigenvalue weighted by Gasteiger charge is 2.73. The topological polar surface area (TPSA) is 99.9 Å². The number of nitrogens with one attached hydrogen (secondary N) is 1. The minimum atomic E-state index is -0.766. The van der Waals surface area contributed by atoms with E-state index in [1.807, 2.05) is 6.92 Å². The van der Waals surface area contributed by atoms with Gasteiger partial charge >= 0.3 is 12.2 Å². The van der Waals surface area contributed by atoms with Crippen LogP contribution in [0.25, 0.3) is 0 Å². The fraction of sp³-hybridized carbons (Fsp3) is 0.833. The Morgan fingerprint density at radius 3 is 2.37 bits per heavy atom. The SMILES string of the molecule is CCNC(=O)OC1CC12CCC1(CC1OC(N)=O)O2. The summed E-state index contributed by atoms with van der Waals surface area (Å²) in [6, 6.07) is 0. The first kappa shape index (κ1) is 12.5. The molecular weight excluding hydrogens is 252 g/mol. The van der Waals surface area contributed by atoms with Gasteiger partial charge in [-0.05, 0) is 19.8 Å². The number of rotatable bonds is 3. The zero-order chi connectivity index (χ0) is 13.7. The maximum Gasteiger partial charge on any atom is 0.407 e. The summed E-state index contributed by atoms with van der Waals surface area (Å²) in [6.07, 6.45) is 1.45. The van der Waals surface area contributed by atoms with E-state index in [4.69, 9.17) is 19.9 Å². The molecule has 7 nitrogen and oxygen atoms in total. The smallest absolute Gasteiger partial charge is 0.407 e. The zero-order valence-corrected chi connectivity index (χ0v) is 10.8. The molecule has 4 unspecified atom stereocenters. The van der Waals surface area contributed by atoms with Crippen LogP contribution < -0.4 is 11.1 Å². The molecule has 2 spiro atoms. The molecule has 2 saturated carbocycles. The predicted molar refractivity (Wildman–Crippen MR) is 63.4 cm³/mol. The number of hydrogen-bond donors (Lipinski definition) is 2. The summed E-state index contributed by atoms with van der Waals surface area (Å²) in [7, 11) is 0. The molecule has 3 aliphatic rings. The average molecular weight is 270 g/mol. The maximum atomic E-state index is 11.3. The second kappa shape index (κ2) is 4.00. The van der Waals surface area contributed by atoms with Crippen LogP contribution in [-0.4, -0.2) is 42.1 Å². The molecule has 3 N–H and O–H groups in total. The van der Waals surface area contributed by atoms with Gasteiger partial charge in [0.2, 0.25) is 0 Å². The Kier molecular flexibility index (Phi) is 2.63. The first-order chi connectivity index (χ1) is 9.00. The van der Waals surface area contributed by atoms with E-state index in [2.05, 4.69) is 5.32 Å². The van der Waals surface area contributed by atoms with Crippen molar-refractivity contribution >= 4 is 12.2 Å². The largest absolute Gasteiger partial charge is 0.443 e. The molecule has 1 saturated heterocycles. The van der Waals surface area contributed by atoms with E-state index in [1.54, 1.807) is 0 Å². The van der Waals surface area contributed by atoms with Crippen LogP contribution in [0.5, 0.6) is 0 Å². The average Bonchev–Trinajstić information content (AvgIpc) is 3.09. The highest BCUT2D eigenvalue weighted by Crippen LogP contribution is 2.63. The molecule has 7 heteroatoms. The van der Waals surface area contributed by atoms with E-state index >= 15 is 0 Å². The third-order valence-corrected chi connectivity index (χ3v) is 4.12. The fourth-order valence-electron chi connectivity index (χ4n) is 2.93. The van der Waals surface area contributed by atoms with Crippen molar-refractivity contribution in [2.24, 2.45) is 5.73 Å². The second-order valence-electron chi connectivity index (χ2n) is 5.49. The van der Waals surface area contributed by atoms with Gasteiger partial charge in [-0.1, -0.05) is 0 Å². The molecule has 2 aliphatic carbocycles. The number of primary amides is 1. The van der Waals surface area contributed by atoms with Crippen molar-refractivity contribution in [3.63, 3.8) is 0 Å². The van der Waals surface area contributed by atoms with Crippen molar-refractivity contribution in [1.82, 2.24) is 5.32 Å². The minimum Gasteiger partial charge on any atom is -0.443 e. The van der Waals surface area contributed by atoms with Crippen molar-refractivity contribution in [1.29, 1.82) is 0 Å². The Hall–Kier alpha value is -1.50. The van der Waals surface area contributed by atoms with Crippen LogP contribution in [-0.2, 0) is 14.2 Å². The molecule has 0 aromatic rings. The summed E-state index contributed by atoms with van der Waals surface area (Å²) in [5.41, 5.74) is 4.26. The number of ether oxygens (including phenoxy) is 3. The molecular formula is C12H18N2O5. The van der Waals surface area contributed by atoms with Gasteiger partial charge in [-0.3, -0.25) is 0 Å². The lowest BCUT2D eigenvalue weighted by Gasteiger charge is -2.13. The maximum absolute atomic E-state index is 11.3. The fourth-order valence-corrected chi connectivity index (χ4v) is 2.93. The summed E-state index contributed by atoms with van der Waals surface area (Å²) in [6.45, 7) is 2.37. The number of alkyl carbamates (subject to hydrolysis) is 1. The zero-order valence-electron chi connectivity index (χ0n) is 10.8. The van der Waals surface area contributed by atoms with Gasteiger partial charge in [0, 0.05) is 19.4 Å².